The molecule has 1 aromatic carbocycles. The molecule has 1 aromatic heterocycles. The van der Waals surface area contributed by atoms with Gasteiger partial charge in [-0.05, 0) is 12.1 Å². The van der Waals surface area contributed by atoms with Gasteiger partial charge in [0, 0.05) is 18.5 Å². The third kappa shape index (κ3) is 2.10. The lowest BCUT2D eigenvalue weighted by molar-refractivity contribution is -0.121. The normalized spacial score (nSPS) is 17.5. The molecule has 1 aliphatic rings. The fraction of sp³-hybridized carbons (Fsp3) is 0.143. The van der Waals surface area contributed by atoms with E-state index in [0.717, 1.165) is 5.39 Å². The molecule has 0 saturated carbocycles. The van der Waals surface area contributed by atoms with Gasteiger partial charge in [0.2, 0.25) is 0 Å². The molecule has 6 heteroatoms. The van der Waals surface area contributed by atoms with Crippen molar-refractivity contribution in [2.24, 2.45) is 0 Å². The second-order valence-electron chi connectivity index (χ2n) is 4.27. The van der Waals surface area contributed by atoms with Crippen LogP contribution in [0.2, 0.25) is 0 Å². The van der Waals surface area contributed by atoms with Crippen molar-refractivity contribution in [1.29, 1.82) is 0 Å². The van der Waals surface area contributed by atoms with Gasteiger partial charge in [-0.2, -0.15) is 0 Å². The summed E-state index contributed by atoms with van der Waals surface area (Å²) in [7, 11) is 3.26. The van der Waals surface area contributed by atoms with Crippen molar-refractivity contribution < 1.29 is 13.9 Å². The first kappa shape index (κ1) is 13.2. The van der Waals surface area contributed by atoms with Gasteiger partial charge in [-0.3, -0.25) is 9.69 Å². The minimum absolute atomic E-state index is 0.104. The maximum atomic E-state index is 11.9. The number of nitrogens with zero attached hydrogens (tertiary/aromatic N) is 1. The Bertz CT molecular complexity index is 748. The average molecular weight is 305 g/mol. The van der Waals surface area contributed by atoms with Crippen LogP contribution in [0.15, 0.2) is 33.6 Å². The van der Waals surface area contributed by atoms with E-state index in [2.05, 4.69) is 0 Å². The van der Waals surface area contributed by atoms with Crippen molar-refractivity contribution in [3.05, 3.63) is 34.9 Å². The molecule has 20 heavy (non-hydrogen) atoms. The second-order valence-corrected chi connectivity index (χ2v) is 5.94. The van der Waals surface area contributed by atoms with Crippen molar-refractivity contribution in [3.63, 3.8) is 0 Å². The first-order valence-corrected chi connectivity index (χ1v) is 7.11. The van der Waals surface area contributed by atoms with E-state index in [-0.39, 0.29) is 5.91 Å². The molecule has 1 aliphatic heterocycles. The van der Waals surface area contributed by atoms with Crippen LogP contribution in [0.1, 0.15) is 5.76 Å². The Morgan fingerprint density at radius 2 is 2.25 bits per heavy atom. The van der Waals surface area contributed by atoms with Gasteiger partial charge in [-0.25, -0.2) is 0 Å². The molecule has 0 radical (unpaired) electrons. The highest BCUT2D eigenvalue weighted by molar-refractivity contribution is 8.26. The maximum Gasteiger partial charge on any atom is 0.266 e. The Labute approximate surface area is 125 Å². The minimum atomic E-state index is -0.104. The number of hydrogen-bond acceptors (Lipinski definition) is 5. The van der Waals surface area contributed by atoms with Gasteiger partial charge >= 0.3 is 0 Å². The van der Waals surface area contributed by atoms with Gasteiger partial charge in [0.25, 0.3) is 5.91 Å². The van der Waals surface area contributed by atoms with E-state index in [4.69, 9.17) is 21.4 Å². The molecular formula is C14H11NO3S2. The first-order valence-electron chi connectivity index (χ1n) is 5.88. The number of likely N-dealkylation sites (N-methyl/N-ethyl adjacent to an activating group) is 1. The lowest BCUT2D eigenvalue weighted by Crippen LogP contribution is -2.22. The average Bonchev–Trinajstić information content (AvgIpc) is 2.95. The molecule has 1 amide bonds. The zero-order valence-electron chi connectivity index (χ0n) is 10.9. The molecule has 0 atom stereocenters. The van der Waals surface area contributed by atoms with E-state index in [9.17, 15) is 4.79 Å². The highest BCUT2D eigenvalue weighted by Gasteiger charge is 2.29. The van der Waals surface area contributed by atoms with Crippen molar-refractivity contribution in [1.82, 2.24) is 4.90 Å². The molecule has 4 nitrogen and oxygen atoms in total. The molecule has 102 valence electrons. The molecule has 0 unspecified atom stereocenters. The largest absolute Gasteiger partial charge is 0.493 e. The second kappa shape index (κ2) is 4.96. The van der Waals surface area contributed by atoms with E-state index in [1.165, 1.54) is 16.7 Å². The van der Waals surface area contributed by atoms with Gasteiger partial charge in [0.1, 0.15) is 10.1 Å². The summed E-state index contributed by atoms with van der Waals surface area (Å²) in [6.45, 7) is 0. The van der Waals surface area contributed by atoms with Crippen LogP contribution < -0.4 is 4.74 Å². The summed E-state index contributed by atoms with van der Waals surface area (Å²) in [5.41, 5.74) is 0.674. The zero-order chi connectivity index (χ0) is 14.3. The topological polar surface area (TPSA) is 42.7 Å². The van der Waals surface area contributed by atoms with E-state index in [1.54, 1.807) is 20.2 Å². The Kier molecular flexibility index (Phi) is 3.27. The quantitative estimate of drug-likeness (QED) is 0.629. The van der Waals surface area contributed by atoms with Gasteiger partial charge in [-0.15, -0.1) is 0 Å². The highest BCUT2D eigenvalue weighted by Crippen LogP contribution is 2.34. The molecule has 0 aliphatic carbocycles. The number of carbonyl (C=O) groups excluding carboxylic acids is 1. The lowest BCUT2D eigenvalue weighted by atomic mass is 10.2. The lowest BCUT2D eigenvalue weighted by Gasteiger charge is -2.03. The highest BCUT2D eigenvalue weighted by atomic mass is 32.2. The number of thioether (sulfide) groups is 1. The number of furan rings is 1. The Morgan fingerprint density at radius 3 is 2.90 bits per heavy atom. The molecular weight excluding hydrogens is 294 g/mol. The van der Waals surface area contributed by atoms with Gasteiger partial charge in [0.15, 0.2) is 11.3 Å². The summed E-state index contributed by atoms with van der Waals surface area (Å²) < 4.78 is 11.5. The third-order valence-electron chi connectivity index (χ3n) is 3.01. The van der Waals surface area contributed by atoms with Crippen LogP contribution in [0.3, 0.4) is 0 Å². The Balaban J connectivity index is 2.04. The number of fused-ring (bicyclic) bond motifs is 1. The number of benzene rings is 1. The molecule has 0 bridgehead atoms. The summed E-state index contributed by atoms with van der Waals surface area (Å²) in [6.07, 6.45) is 1.71. The summed E-state index contributed by atoms with van der Waals surface area (Å²) in [6, 6.07) is 7.54. The van der Waals surface area contributed by atoms with Crippen LogP contribution in [0.4, 0.5) is 0 Å². The van der Waals surface area contributed by atoms with Gasteiger partial charge in [0.05, 0.1) is 12.0 Å². The summed E-state index contributed by atoms with van der Waals surface area (Å²) in [4.78, 5) is 14.0. The SMILES string of the molecule is COc1cccc2cc(C=C3SC(=S)N(C)C3=O)oc12. The van der Waals surface area contributed by atoms with Crippen LogP contribution in [0, 0.1) is 0 Å². The molecule has 2 aromatic rings. The fourth-order valence-electron chi connectivity index (χ4n) is 1.96. The fourth-order valence-corrected chi connectivity index (χ4v) is 3.12. The number of para-hydroxylation sites is 1. The number of amides is 1. The number of ether oxygens (including phenoxy) is 1. The molecule has 3 rings (SSSR count). The van der Waals surface area contributed by atoms with Crippen LogP contribution >= 0.6 is 24.0 Å². The predicted molar refractivity (Wildman–Crippen MR) is 83.7 cm³/mol. The maximum absolute atomic E-state index is 11.9. The number of rotatable bonds is 2. The standard InChI is InChI=1S/C14H11NO3S2/c1-15-13(16)11(20-14(15)19)7-9-6-8-4-3-5-10(17-2)12(8)18-9/h3-7H,1-2H3. The molecule has 0 spiro atoms. The summed E-state index contributed by atoms with van der Waals surface area (Å²) >= 11 is 6.37. The number of thiocarbonyl (C=S) groups is 1. The monoisotopic (exact) mass is 305 g/mol. The van der Waals surface area contributed by atoms with Crippen LogP contribution in [-0.4, -0.2) is 29.3 Å². The predicted octanol–water partition coefficient (Wildman–Crippen LogP) is 3.27. The van der Waals surface area contributed by atoms with Crippen molar-refractivity contribution in [2.45, 2.75) is 0 Å². The van der Waals surface area contributed by atoms with Gasteiger partial charge in [-0.1, -0.05) is 36.1 Å². The number of carbonyl (C=O) groups is 1. The first-order chi connectivity index (χ1) is 9.60. The van der Waals surface area contributed by atoms with Crippen LogP contribution in [0.25, 0.3) is 17.0 Å². The molecule has 0 N–H and O–H groups in total. The molecule has 1 fully saturated rings. The van der Waals surface area contributed by atoms with E-state index in [1.807, 2.05) is 24.3 Å². The van der Waals surface area contributed by atoms with E-state index in [0.29, 0.717) is 26.3 Å². The summed E-state index contributed by atoms with van der Waals surface area (Å²) in [5, 5.41) is 0.933. The van der Waals surface area contributed by atoms with E-state index >= 15 is 0 Å². The number of hydrogen-bond donors (Lipinski definition) is 0. The van der Waals surface area contributed by atoms with Crippen molar-refractivity contribution in [3.8, 4) is 5.75 Å². The van der Waals surface area contributed by atoms with E-state index < -0.39 is 0 Å². The van der Waals surface area contributed by atoms with Gasteiger partial charge < -0.3 is 9.15 Å². The van der Waals surface area contributed by atoms with Crippen LogP contribution in [0.5, 0.6) is 5.75 Å². The smallest absolute Gasteiger partial charge is 0.266 e. The number of methoxy groups -OCH3 is 1. The third-order valence-corrected chi connectivity index (χ3v) is 4.49. The molecule has 2 heterocycles. The van der Waals surface area contributed by atoms with Crippen molar-refractivity contribution in [2.75, 3.05) is 14.2 Å². The Morgan fingerprint density at radius 1 is 1.45 bits per heavy atom. The van der Waals surface area contributed by atoms with Crippen LogP contribution in [-0.2, 0) is 4.79 Å². The zero-order valence-corrected chi connectivity index (χ0v) is 12.5. The van der Waals surface area contributed by atoms with Crippen molar-refractivity contribution >= 4 is 51.3 Å². The Hall–Kier alpha value is -1.79. The molecule has 1 saturated heterocycles. The summed E-state index contributed by atoms with van der Waals surface area (Å²) in [5.74, 6) is 1.18. The minimum Gasteiger partial charge on any atom is -0.493 e.